The van der Waals surface area contributed by atoms with E-state index in [0.717, 1.165) is 10.4 Å². The van der Waals surface area contributed by atoms with E-state index in [1.807, 2.05) is 0 Å². The number of hydrogen-bond acceptors (Lipinski definition) is 7. The fraction of sp³-hybridized carbons (Fsp3) is 0.455. The normalized spacial score (nSPS) is 12.5. The van der Waals surface area contributed by atoms with Gasteiger partial charge in [-0.05, 0) is 26.0 Å². The highest BCUT2D eigenvalue weighted by Crippen LogP contribution is 2.34. The van der Waals surface area contributed by atoms with Crippen LogP contribution in [0.5, 0.6) is 0 Å². The number of anilines is 1. The summed E-state index contributed by atoms with van der Waals surface area (Å²) in [6.07, 6.45) is 0. The first-order valence-electron chi connectivity index (χ1n) is 5.93. The molecule has 9 nitrogen and oxygen atoms in total. The van der Waals surface area contributed by atoms with E-state index in [9.17, 15) is 23.6 Å². The van der Waals surface area contributed by atoms with E-state index in [-0.39, 0.29) is 5.69 Å². The number of nitrogens with zero attached hydrogens (tertiary/aromatic N) is 2. The van der Waals surface area contributed by atoms with Gasteiger partial charge in [-0.25, -0.2) is 8.42 Å². The van der Waals surface area contributed by atoms with Crippen LogP contribution in [-0.2, 0) is 10.0 Å². The Morgan fingerprint density at radius 1 is 1.48 bits per heavy atom. The molecule has 0 radical (unpaired) electrons. The molecule has 0 aromatic heterocycles. The van der Waals surface area contributed by atoms with Crippen molar-refractivity contribution >= 4 is 21.4 Å². The third-order valence-electron chi connectivity index (χ3n) is 3.21. The van der Waals surface area contributed by atoms with Gasteiger partial charge in [0.15, 0.2) is 4.90 Å². The lowest BCUT2D eigenvalue weighted by Gasteiger charge is -2.32. The number of hydrogen-bond donors (Lipinski definition) is 3. The second-order valence-electron chi connectivity index (χ2n) is 5.00. The van der Waals surface area contributed by atoms with Crippen LogP contribution in [0.15, 0.2) is 23.1 Å². The lowest BCUT2D eigenvalue weighted by molar-refractivity contribution is -0.386. The van der Waals surface area contributed by atoms with Crippen LogP contribution in [0.2, 0.25) is 0 Å². The molecule has 1 rings (SSSR count). The van der Waals surface area contributed by atoms with Gasteiger partial charge < -0.3 is 10.5 Å². The number of aliphatic hydroxyl groups is 1. The molecule has 0 aliphatic rings. The van der Waals surface area contributed by atoms with Crippen molar-refractivity contribution in [1.29, 1.82) is 0 Å². The van der Waals surface area contributed by atoms with Crippen LogP contribution >= 0.6 is 0 Å². The zero-order chi connectivity index (χ0) is 16.4. The summed E-state index contributed by atoms with van der Waals surface area (Å²) in [6.45, 7) is 2.56. The second kappa shape index (κ2) is 5.93. The Morgan fingerprint density at radius 2 is 2.05 bits per heavy atom. The Labute approximate surface area is 122 Å². The van der Waals surface area contributed by atoms with Gasteiger partial charge in [0.2, 0.25) is 10.0 Å². The molecule has 10 heteroatoms. The van der Waals surface area contributed by atoms with Crippen LogP contribution in [0.1, 0.15) is 13.8 Å². The van der Waals surface area contributed by atoms with Crippen molar-refractivity contribution in [1.82, 2.24) is 4.31 Å². The van der Waals surface area contributed by atoms with Gasteiger partial charge in [-0.1, -0.05) is 6.07 Å². The minimum Gasteiger partial charge on any atom is -0.394 e. The molecule has 0 fully saturated rings. The maximum absolute atomic E-state index is 12.6. The average molecular weight is 318 g/mol. The molecule has 0 bridgehead atoms. The smallest absolute Gasteiger partial charge is 0.313 e. The molecule has 0 aliphatic heterocycles. The number of benzene rings is 1. The summed E-state index contributed by atoms with van der Waals surface area (Å²) in [5.74, 6) is 5.19. The van der Waals surface area contributed by atoms with Crippen LogP contribution in [0, 0.1) is 10.1 Å². The number of para-hydroxylation sites is 1. The number of hydrazine groups is 1. The first-order valence-corrected chi connectivity index (χ1v) is 7.37. The van der Waals surface area contributed by atoms with Crippen LogP contribution in [0.25, 0.3) is 0 Å². The topological polar surface area (TPSA) is 139 Å². The van der Waals surface area contributed by atoms with Gasteiger partial charge in [0.25, 0.3) is 0 Å². The second-order valence-corrected chi connectivity index (χ2v) is 6.93. The summed E-state index contributed by atoms with van der Waals surface area (Å²) in [6, 6.07) is 3.77. The molecule has 0 amide bonds. The number of aliphatic hydroxyl groups excluding tert-OH is 1. The molecule has 1 aromatic carbocycles. The maximum Gasteiger partial charge on any atom is 0.313 e. The van der Waals surface area contributed by atoms with Crippen LogP contribution in [0.3, 0.4) is 0 Å². The summed E-state index contributed by atoms with van der Waals surface area (Å²) in [4.78, 5) is 9.86. The third kappa shape index (κ3) is 3.13. The number of nitrogen functional groups attached to an aromatic ring is 1. The first-order chi connectivity index (χ1) is 9.59. The zero-order valence-corrected chi connectivity index (χ0v) is 12.7. The summed E-state index contributed by atoms with van der Waals surface area (Å²) in [7, 11) is -2.93. The van der Waals surface area contributed by atoms with Gasteiger partial charge in [-0.2, -0.15) is 4.31 Å². The van der Waals surface area contributed by atoms with E-state index in [1.54, 1.807) is 0 Å². The number of nitro benzene ring substituents is 1. The van der Waals surface area contributed by atoms with E-state index < -0.39 is 37.7 Å². The number of likely N-dealkylation sites (N-methyl/N-ethyl adjacent to an activating group) is 1. The molecule has 0 saturated carbocycles. The van der Waals surface area contributed by atoms with Gasteiger partial charge in [-0.15, -0.1) is 0 Å². The van der Waals surface area contributed by atoms with Crippen molar-refractivity contribution in [2.75, 3.05) is 19.1 Å². The summed E-state index contributed by atoms with van der Waals surface area (Å²) in [5.41, 5.74) is 0.242. The molecular formula is C11H18N4O5S. The molecule has 0 saturated heterocycles. The fourth-order valence-electron chi connectivity index (χ4n) is 1.61. The van der Waals surface area contributed by atoms with E-state index in [2.05, 4.69) is 5.43 Å². The highest BCUT2D eigenvalue weighted by Gasteiger charge is 2.38. The number of nitrogens with two attached hydrogens (primary N) is 1. The fourth-order valence-corrected chi connectivity index (χ4v) is 3.29. The molecule has 21 heavy (non-hydrogen) atoms. The van der Waals surface area contributed by atoms with Crippen molar-refractivity contribution in [3.05, 3.63) is 28.3 Å². The van der Waals surface area contributed by atoms with E-state index in [0.29, 0.717) is 0 Å². The standard InChI is InChI=1S/C11H18N4O5S/c1-11(2,7-16)14(3)21(19,20)9-6-4-5-8(13-12)10(9)15(17)18/h4-6,13,16H,7,12H2,1-3H3. The Bertz CT molecular complexity index is 644. The van der Waals surface area contributed by atoms with Crippen molar-refractivity contribution in [3.63, 3.8) is 0 Å². The Balaban J connectivity index is 3.56. The molecule has 1 aromatic rings. The van der Waals surface area contributed by atoms with Crippen molar-refractivity contribution in [3.8, 4) is 0 Å². The van der Waals surface area contributed by atoms with Crippen LogP contribution in [-0.4, -0.2) is 41.9 Å². The van der Waals surface area contributed by atoms with Crippen molar-refractivity contribution < 1.29 is 18.4 Å². The molecular weight excluding hydrogens is 300 g/mol. The summed E-state index contributed by atoms with van der Waals surface area (Å²) < 4.78 is 26.0. The average Bonchev–Trinajstić information content (AvgIpc) is 2.45. The largest absolute Gasteiger partial charge is 0.394 e. The van der Waals surface area contributed by atoms with E-state index in [1.165, 1.54) is 33.0 Å². The molecule has 4 N–H and O–H groups in total. The molecule has 0 heterocycles. The molecule has 0 unspecified atom stereocenters. The molecule has 0 atom stereocenters. The number of sulfonamides is 1. The highest BCUT2D eigenvalue weighted by atomic mass is 32.2. The summed E-state index contributed by atoms with van der Waals surface area (Å²) in [5, 5.41) is 20.4. The highest BCUT2D eigenvalue weighted by molar-refractivity contribution is 7.89. The minimum absolute atomic E-state index is 0.115. The van der Waals surface area contributed by atoms with Gasteiger partial charge in [-0.3, -0.25) is 16.0 Å². The molecule has 118 valence electrons. The monoisotopic (exact) mass is 318 g/mol. The predicted molar refractivity (Wildman–Crippen MR) is 77.0 cm³/mol. The number of rotatable bonds is 6. The van der Waals surface area contributed by atoms with Gasteiger partial charge >= 0.3 is 5.69 Å². The number of nitrogens with one attached hydrogen (secondary N) is 1. The quantitative estimate of drug-likeness (QED) is 0.388. The van der Waals surface area contributed by atoms with Crippen molar-refractivity contribution in [2.45, 2.75) is 24.3 Å². The van der Waals surface area contributed by atoms with Gasteiger partial charge in [0.1, 0.15) is 5.69 Å². The third-order valence-corrected chi connectivity index (χ3v) is 5.32. The SMILES string of the molecule is CN(C(C)(C)CO)S(=O)(=O)c1cccc(NN)c1[N+](=O)[O-]. The Hall–Kier alpha value is -1.75. The van der Waals surface area contributed by atoms with E-state index >= 15 is 0 Å². The first kappa shape index (κ1) is 17.3. The minimum atomic E-state index is -4.18. The molecule has 0 aliphatic carbocycles. The molecule has 0 spiro atoms. The number of nitro groups is 1. The van der Waals surface area contributed by atoms with Crippen molar-refractivity contribution in [2.24, 2.45) is 5.84 Å². The van der Waals surface area contributed by atoms with Crippen LogP contribution < -0.4 is 11.3 Å². The lowest BCUT2D eigenvalue weighted by Crippen LogP contribution is -2.47. The maximum atomic E-state index is 12.6. The predicted octanol–water partition coefficient (Wildman–Crippen LogP) is 0.272. The zero-order valence-electron chi connectivity index (χ0n) is 11.9. The van der Waals surface area contributed by atoms with E-state index in [4.69, 9.17) is 5.84 Å². The lowest BCUT2D eigenvalue weighted by atomic mass is 10.1. The Morgan fingerprint density at radius 3 is 2.48 bits per heavy atom. The van der Waals surface area contributed by atoms with Gasteiger partial charge in [0.05, 0.1) is 17.1 Å². The van der Waals surface area contributed by atoms with Gasteiger partial charge in [0, 0.05) is 7.05 Å². The Kier molecular flexibility index (Phi) is 4.89. The summed E-state index contributed by atoms with van der Waals surface area (Å²) >= 11 is 0. The van der Waals surface area contributed by atoms with Crippen LogP contribution in [0.4, 0.5) is 11.4 Å².